The Morgan fingerprint density at radius 3 is 2.64 bits per heavy atom. The van der Waals surface area contributed by atoms with Crippen LogP contribution in [-0.4, -0.2) is 46.3 Å². The lowest BCUT2D eigenvalue weighted by Gasteiger charge is -2.41. The maximum absolute atomic E-state index is 12.7. The van der Waals surface area contributed by atoms with Crippen molar-refractivity contribution < 1.29 is 4.79 Å². The summed E-state index contributed by atoms with van der Waals surface area (Å²) in [7, 11) is 0. The van der Waals surface area contributed by atoms with Crippen LogP contribution in [0.3, 0.4) is 0 Å². The molecular weight excluding hydrogens is 316 g/mol. The zero-order valence-electron chi connectivity index (χ0n) is 15.0. The Morgan fingerprint density at radius 1 is 1.16 bits per heavy atom. The van der Waals surface area contributed by atoms with Crippen LogP contribution >= 0.6 is 0 Å². The summed E-state index contributed by atoms with van der Waals surface area (Å²) in [5, 5.41) is 4.15. The number of aromatic nitrogens is 2. The second kappa shape index (κ2) is 7.09. The van der Waals surface area contributed by atoms with Crippen molar-refractivity contribution in [1.29, 1.82) is 0 Å². The van der Waals surface area contributed by atoms with Crippen molar-refractivity contribution in [3.8, 4) is 0 Å². The molecule has 6 heteroatoms. The van der Waals surface area contributed by atoms with E-state index in [1.165, 1.54) is 22.0 Å². The topological polar surface area (TPSA) is 58.4 Å². The number of rotatable bonds is 3. The van der Waals surface area contributed by atoms with Gasteiger partial charge in [-0.15, -0.1) is 0 Å². The summed E-state index contributed by atoms with van der Waals surface area (Å²) >= 11 is 0. The van der Waals surface area contributed by atoms with Crippen molar-refractivity contribution in [2.45, 2.75) is 33.4 Å². The van der Waals surface area contributed by atoms with E-state index < -0.39 is 0 Å². The van der Waals surface area contributed by atoms with Gasteiger partial charge in [0, 0.05) is 37.4 Å². The van der Waals surface area contributed by atoms with Crippen LogP contribution in [0.25, 0.3) is 0 Å². The molecule has 1 aromatic heterocycles. The Bertz CT molecular complexity index is 830. The number of hydrogen-bond donors (Lipinski definition) is 0. The molecule has 132 valence electrons. The lowest BCUT2D eigenvalue weighted by atomic mass is 10.1. The normalized spacial score (nSPS) is 17.6. The zero-order chi connectivity index (χ0) is 18.0. The van der Waals surface area contributed by atoms with Gasteiger partial charge in [0.25, 0.3) is 5.56 Å². The summed E-state index contributed by atoms with van der Waals surface area (Å²) in [4.78, 5) is 28.7. The van der Waals surface area contributed by atoms with Crippen LogP contribution in [0.4, 0.5) is 5.69 Å². The quantitative estimate of drug-likeness (QED) is 0.852. The van der Waals surface area contributed by atoms with Crippen molar-refractivity contribution in [1.82, 2.24) is 14.7 Å². The van der Waals surface area contributed by atoms with E-state index in [-0.39, 0.29) is 24.1 Å². The van der Waals surface area contributed by atoms with Crippen molar-refractivity contribution in [2.75, 3.05) is 24.5 Å². The van der Waals surface area contributed by atoms with E-state index in [0.717, 1.165) is 18.8 Å². The highest BCUT2D eigenvalue weighted by molar-refractivity contribution is 5.76. The minimum Gasteiger partial charge on any atom is -0.367 e. The molecule has 0 radical (unpaired) electrons. The average molecular weight is 340 g/mol. The first-order valence-electron chi connectivity index (χ1n) is 8.60. The minimum absolute atomic E-state index is 0.00474. The van der Waals surface area contributed by atoms with E-state index >= 15 is 0 Å². The number of amides is 1. The fraction of sp³-hybridized carbons (Fsp3) is 0.421. The van der Waals surface area contributed by atoms with Gasteiger partial charge >= 0.3 is 0 Å². The van der Waals surface area contributed by atoms with Gasteiger partial charge < -0.3 is 9.80 Å². The third-order valence-corrected chi connectivity index (χ3v) is 4.69. The highest BCUT2D eigenvalue weighted by Gasteiger charge is 2.28. The van der Waals surface area contributed by atoms with Crippen LogP contribution < -0.4 is 10.5 Å². The molecule has 1 atom stereocenters. The highest BCUT2D eigenvalue weighted by Crippen LogP contribution is 2.22. The molecule has 0 aliphatic carbocycles. The number of hydrogen-bond acceptors (Lipinski definition) is 4. The lowest BCUT2D eigenvalue weighted by molar-refractivity contribution is -0.134. The summed E-state index contributed by atoms with van der Waals surface area (Å²) in [6, 6.07) is 11.5. The number of nitrogens with zero attached hydrogens (tertiary/aromatic N) is 4. The van der Waals surface area contributed by atoms with Crippen LogP contribution in [0.5, 0.6) is 0 Å². The molecule has 0 bridgehead atoms. The molecule has 1 aliphatic rings. The van der Waals surface area contributed by atoms with Gasteiger partial charge in [-0.05, 0) is 38.5 Å². The van der Waals surface area contributed by atoms with E-state index in [1.807, 2.05) is 24.0 Å². The minimum atomic E-state index is -0.245. The van der Waals surface area contributed by atoms with Crippen LogP contribution in [-0.2, 0) is 11.3 Å². The summed E-state index contributed by atoms with van der Waals surface area (Å²) in [5.41, 5.74) is 2.94. The van der Waals surface area contributed by atoms with E-state index in [1.54, 1.807) is 6.07 Å². The van der Waals surface area contributed by atoms with Crippen molar-refractivity contribution >= 4 is 11.6 Å². The standard InChI is InChI=1S/C19H24N4O2/c1-14-6-4-5-7-17(14)21-10-11-22(16(3)12-21)19(25)13-23-18(24)9-8-15(2)20-23/h4-9,16H,10-13H2,1-3H3/t16-/m1/s1. The van der Waals surface area contributed by atoms with Gasteiger partial charge in [-0.25, -0.2) is 4.68 Å². The van der Waals surface area contributed by atoms with Gasteiger partial charge in [-0.2, -0.15) is 5.10 Å². The molecule has 1 amide bonds. The van der Waals surface area contributed by atoms with E-state index in [9.17, 15) is 9.59 Å². The number of piperazine rings is 1. The molecule has 6 nitrogen and oxygen atoms in total. The Kier molecular flexibility index (Phi) is 4.88. The Labute approximate surface area is 147 Å². The largest absolute Gasteiger partial charge is 0.367 e. The van der Waals surface area contributed by atoms with E-state index in [0.29, 0.717) is 6.54 Å². The zero-order valence-corrected chi connectivity index (χ0v) is 15.0. The number of carbonyl (C=O) groups is 1. The smallest absolute Gasteiger partial charge is 0.267 e. The maximum Gasteiger partial charge on any atom is 0.267 e. The third kappa shape index (κ3) is 3.73. The molecule has 1 aliphatic heterocycles. The van der Waals surface area contributed by atoms with Crippen molar-refractivity contribution in [3.05, 3.63) is 58.0 Å². The molecule has 0 N–H and O–H groups in total. The molecule has 1 saturated heterocycles. The van der Waals surface area contributed by atoms with E-state index in [4.69, 9.17) is 0 Å². The average Bonchev–Trinajstić information content (AvgIpc) is 2.58. The third-order valence-electron chi connectivity index (χ3n) is 4.69. The fourth-order valence-electron chi connectivity index (χ4n) is 3.35. The molecule has 0 spiro atoms. The fourth-order valence-corrected chi connectivity index (χ4v) is 3.35. The second-order valence-corrected chi connectivity index (χ2v) is 6.64. The summed E-state index contributed by atoms with van der Waals surface area (Å²) in [6.45, 7) is 8.18. The molecule has 0 saturated carbocycles. The van der Waals surface area contributed by atoms with Gasteiger partial charge in [0.15, 0.2) is 0 Å². The van der Waals surface area contributed by atoms with Crippen molar-refractivity contribution in [3.63, 3.8) is 0 Å². The highest BCUT2D eigenvalue weighted by atomic mass is 16.2. The Morgan fingerprint density at radius 2 is 1.92 bits per heavy atom. The molecule has 0 unspecified atom stereocenters. The molecule has 2 aromatic rings. The van der Waals surface area contributed by atoms with Gasteiger partial charge in [-0.1, -0.05) is 18.2 Å². The number of benzene rings is 1. The van der Waals surface area contributed by atoms with Crippen LogP contribution in [0.1, 0.15) is 18.2 Å². The van der Waals surface area contributed by atoms with Crippen molar-refractivity contribution in [2.24, 2.45) is 0 Å². The van der Waals surface area contributed by atoms with Crippen LogP contribution in [0, 0.1) is 13.8 Å². The first kappa shape index (κ1) is 17.2. The molecule has 1 fully saturated rings. The molecule has 1 aromatic carbocycles. The monoisotopic (exact) mass is 340 g/mol. The predicted octanol–water partition coefficient (Wildman–Crippen LogP) is 1.60. The Hall–Kier alpha value is -2.63. The summed E-state index contributed by atoms with van der Waals surface area (Å²) in [6.07, 6.45) is 0. The molecule has 3 rings (SSSR count). The maximum atomic E-state index is 12.7. The molecule has 2 heterocycles. The second-order valence-electron chi connectivity index (χ2n) is 6.64. The molecular formula is C19H24N4O2. The van der Waals surface area contributed by atoms with Gasteiger partial charge in [0.2, 0.25) is 5.91 Å². The number of aryl methyl sites for hydroxylation is 2. The molecule has 25 heavy (non-hydrogen) atoms. The van der Waals surface area contributed by atoms with Gasteiger partial charge in [-0.3, -0.25) is 9.59 Å². The summed E-state index contributed by atoms with van der Waals surface area (Å²) < 4.78 is 1.25. The lowest BCUT2D eigenvalue weighted by Crippen LogP contribution is -2.55. The van der Waals surface area contributed by atoms with E-state index in [2.05, 4.69) is 36.0 Å². The summed E-state index contributed by atoms with van der Waals surface area (Å²) in [5.74, 6) is -0.0582. The predicted molar refractivity (Wildman–Crippen MR) is 97.8 cm³/mol. The first-order valence-corrected chi connectivity index (χ1v) is 8.60. The first-order chi connectivity index (χ1) is 12.0. The number of para-hydroxylation sites is 1. The van der Waals surface area contributed by atoms with Crippen LogP contribution in [0.15, 0.2) is 41.2 Å². The van der Waals surface area contributed by atoms with Gasteiger partial charge in [0.1, 0.15) is 6.54 Å². The Balaban J connectivity index is 1.69. The van der Waals surface area contributed by atoms with Crippen LogP contribution in [0.2, 0.25) is 0 Å². The number of carbonyl (C=O) groups excluding carboxylic acids is 1. The van der Waals surface area contributed by atoms with Gasteiger partial charge in [0.05, 0.1) is 5.69 Å². The number of anilines is 1. The SMILES string of the molecule is Cc1ccc(=O)n(CC(=O)N2CCN(c3ccccc3C)C[C@H]2C)n1.